The van der Waals surface area contributed by atoms with Crippen molar-refractivity contribution in [2.45, 2.75) is 19.8 Å². The van der Waals surface area contributed by atoms with Gasteiger partial charge in [-0.15, -0.1) is 0 Å². The first-order chi connectivity index (χ1) is 7.81. The maximum Gasteiger partial charge on any atom is 0.122 e. The van der Waals surface area contributed by atoms with Gasteiger partial charge in [-0.05, 0) is 30.0 Å². The van der Waals surface area contributed by atoms with Crippen LogP contribution < -0.4 is 10.1 Å². The van der Waals surface area contributed by atoms with Gasteiger partial charge in [-0.25, -0.2) is 0 Å². The Balaban J connectivity index is 2.64. The van der Waals surface area contributed by atoms with Crippen molar-refractivity contribution in [3.05, 3.63) is 29.3 Å². The van der Waals surface area contributed by atoms with Crippen molar-refractivity contribution in [1.29, 1.82) is 5.26 Å². The Morgan fingerprint density at radius 2 is 2.25 bits per heavy atom. The Bertz CT molecular complexity index is 369. The highest BCUT2D eigenvalue weighted by molar-refractivity contribution is 5.37. The van der Waals surface area contributed by atoms with E-state index in [0.717, 1.165) is 25.1 Å². The van der Waals surface area contributed by atoms with Gasteiger partial charge in [0.05, 0.1) is 19.7 Å². The molecule has 1 N–H and O–H groups in total. The van der Waals surface area contributed by atoms with Gasteiger partial charge in [0.25, 0.3) is 0 Å². The van der Waals surface area contributed by atoms with E-state index < -0.39 is 0 Å². The molecule has 0 aliphatic rings. The molecule has 0 saturated heterocycles. The van der Waals surface area contributed by atoms with Gasteiger partial charge in [0, 0.05) is 6.54 Å². The zero-order chi connectivity index (χ0) is 11.8. The molecule has 0 unspecified atom stereocenters. The van der Waals surface area contributed by atoms with Gasteiger partial charge >= 0.3 is 0 Å². The summed E-state index contributed by atoms with van der Waals surface area (Å²) < 4.78 is 5.31. The summed E-state index contributed by atoms with van der Waals surface area (Å²) in [5.41, 5.74) is 2.52. The van der Waals surface area contributed by atoms with Gasteiger partial charge in [-0.2, -0.15) is 5.26 Å². The zero-order valence-corrected chi connectivity index (χ0v) is 9.92. The summed E-state index contributed by atoms with van der Waals surface area (Å²) >= 11 is 0. The number of nitrogens with one attached hydrogen (secondary N) is 1. The first-order valence-corrected chi connectivity index (χ1v) is 5.55. The molecule has 0 saturated carbocycles. The van der Waals surface area contributed by atoms with Gasteiger partial charge < -0.3 is 10.1 Å². The standard InChI is InChI=1S/C13H18N2O/c1-3-11-4-5-13(16-2)12(10-11)6-8-15-9-7-14/h4-5,10,15H,3,6,8-9H2,1-2H3. The Labute approximate surface area is 97.0 Å². The number of benzene rings is 1. The molecule has 0 spiro atoms. The van der Waals surface area contributed by atoms with Crippen LogP contribution >= 0.6 is 0 Å². The molecule has 0 heterocycles. The second-order valence-corrected chi connectivity index (χ2v) is 3.58. The fraction of sp³-hybridized carbons (Fsp3) is 0.462. The number of nitrogens with zero attached hydrogens (tertiary/aromatic N) is 1. The molecule has 0 amide bonds. The average Bonchev–Trinajstić information content (AvgIpc) is 2.34. The molecule has 0 bridgehead atoms. The third-order valence-electron chi connectivity index (χ3n) is 2.53. The van der Waals surface area contributed by atoms with Crippen molar-refractivity contribution >= 4 is 0 Å². The Hall–Kier alpha value is -1.53. The van der Waals surface area contributed by atoms with Crippen LogP contribution in [-0.2, 0) is 12.8 Å². The predicted molar refractivity (Wildman–Crippen MR) is 64.6 cm³/mol. The normalized spacial score (nSPS) is 9.81. The molecule has 1 aromatic carbocycles. The Kier molecular flexibility index (Phi) is 5.38. The minimum absolute atomic E-state index is 0.399. The number of aryl methyl sites for hydroxylation is 1. The number of ether oxygens (including phenoxy) is 1. The quantitative estimate of drug-likeness (QED) is 0.586. The molecule has 16 heavy (non-hydrogen) atoms. The number of rotatable bonds is 6. The first-order valence-electron chi connectivity index (χ1n) is 5.55. The third kappa shape index (κ3) is 3.56. The zero-order valence-electron chi connectivity index (χ0n) is 9.92. The Morgan fingerprint density at radius 1 is 1.44 bits per heavy atom. The average molecular weight is 218 g/mol. The SMILES string of the molecule is CCc1ccc(OC)c(CCNCC#N)c1. The fourth-order valence-corrected chi connectivity index (χ4v) is 1.61. The lowest BCUT2D eigenvalue weighted by Gasteiger charge is -2.10. The largest absolute Gasteiger partial charge is 0.496 e. The summed E-state index contributed by atoms with van der Waals surface area (Å²) in [6.45, 7) is 3.34. The number of methoxy groups -OCH3 is 1. The molecule has 0 atom stereocenters. The Morgan fingerprint density at radius 3 is 2.88 bits per heavy atom. The van der Waals surface area contributed by atoms with E-state index >= 15 is 0 Å². The third-order valence-corrected chi connectivity index (χ3v) is 2.53. The molecule has 1 aromatic rings. The first kappa shape index (κ1) is 12.5. The van der Waals surface area contributed by atoms with Crippen molar-refractivity contribution in [3.63, 3.8) is 0 Å². The van der Waals surface area contributed by atoms with Crippen LogP contribution in [0.4, 0.5) is 0 Å². The summed E-state index contributed by atoms with van der Waals surface area (Å²) in [4.78, 5) is 0. The van der Waals surface area contributed by atoms with Crippen molar-refractivity contribution in [2.75, 3.05) is 20.2 Å². The monoisotopic (exact) mass is 218 g/mol. The van der Waals surface area contributed by atoms with E-state index in [1.807, 2.05) is 6.07 Å². The second kappa shape index (κ2) is 6.86. The van der Waals surface area contributed by atoms with Crippen molar-refractivity contribution in [3.8, 4) is 11.8 Å². The van der Waals surface area contributed by atoms with Crippen LogP contribution in [0, 0.1) is 11.3 Å². The minimum atomic E-state index is 0.399. The maximum absolute atomic E-state index is 8.41. The van der Waals surface area contributed by atoms with E-state index in [9.17, 15) is 0 Å². The number of hydrogen-bond donors (Lipinski definition) is 1. The lowest BCUT2D eigenvalue weighted by molar-refractivity contribution is 0.409. The van der Waals surface area contributed by atoms with E-state index in [-0.39, 0.29) is 0 Å². The number of nitriles is 1. The summed E-state index contributed by atoms with van der Waals surface area (Å²) in [7, 11) is 1.69. The van der Waals surface area contributed by atoms with Crippen molar-refractivity contribution in [2.24, 2.45) is 0 Å². The van der Waals surface area contributed by atoms with Crippen LogP contribution in [0.25, 0.3) is 0 Å². The molecule has 0 aliphatic heterocycles. The van der Waals surface area contributed by atoms with Crippen LogP contribution in [0.5, 0.6) is 5.75 Å². The highest BCUT2D eigenvalue weighted by atomic mass is 16.5. The molecular weight excluding hydrogens is 200 g/mol. The summed E-state index contributed by atoms with van der Waals surface area (Å²) in [6.07, 6.45) is 1.92. The second-order valence-electron chi connectivity index (χ2n) is 3.58. The van der Waals surface area contributed by atoms with Crippen LogP contribution in [0.1, 0.15) is 18.1 Å². The number of hydrogen-bond acceptors (Lipinski definition) is 3. The summed E-state index contributed by atoms with van der Waals surface area (Å²) in [5.74, 6) is 0.927. The highest BCUT2D eigenvalue weighted by Gasteiger charge is 2.03. The van der Waals surface area contributed by atoms with Crippen LogP contribution in [0.2, 0.25) is 0 Å². The van der Waals surface area contributed by atoms with Crippen LogP contribution in [0.3, 0.4) is 0 Å². The van der Waals surface area contributed by atoms with E-state index in [2.05, 4.69) is 30.4 Å². The van der Waals surface area contributed by atoms with Crippen molar-refractivity contribution in [1.82, 2.24) is 5.32 Å². The van der Waals surface area contributed by atoms with Crippen LogP contribution in [0.15, 0.2) is 18.2 Å². The lowest BCUT2D eigenvalue weighted by atomic mass is 10.1. The molecule has 0 radical (unpaired) electrons. The molecule has 0 aliphatic carbocycles. The van der Waals surface area contributed by atoms with E-state index in [0.29, 0.717) is 6.54 Å². The molecular formula is C13H18N2O. The minimum Gasteiger partial charge on any atom is -0.496 e. The molecule has 86 valence electrons. The van der Waals surface area contributed by atoms with E-state index in [1.165, 1.54) is 11.1 Å². The van der Waals surface area contributed by atoms with Crippen molar-refractivity contribution < 1.29 is 4.74 Å². The summed E-state index contributed by atoms with van der Waals surface area (Å²) in [6, 6.07) is 8.34. The molecule has 1 rings (SSSR count). The van der Waals surface area contributed by atoms with Gasteiger partial charge in [-0.1, -0.05) is 19.1 Å². The lowest BCUT2D eigenvalue weighted by Crippen LogP contribution is -2.17. The van der Waals surface area contributed by atoms with E-state index in [1.54, 1.807) is 7.11 Å². The van der Waals surface area contributed by atoms with Gasteiger partial charge in [0.2, 0.25) is 0 Å². The molecule has 0 aromatic heterocycles. The summed E-state index contributed by atoms with van der Waals surface area (Å²) in [5, 5.41) is 11.5. The van der Waals surface area contributed by atoms with Crippen LogP contribution in [-0.4, -0.2) is 20.2 Å². The van der Waals surface area contributed by atoms with Gasteiger partial charge in [0.15, 0.2) is 0 Å². The molecule has 0 fully saturated rings. The smallest absolute Gasteiger partial charge is 0.122 e. The van der Waals surface area contributed by atoms with Gasteiger partial charge in [0.1, 0.15) is 5.75 Å². The maximum atomic E-state index is 8.41. The molecule has 3 heteroatoms. The highest BCUT2D eigenvalue weighted by Crippen LogP contribution is 2.20. The topological polar surface area (TPSA) is 45.0 Å². The van der Waals surface area contributed by atoms with E-state index in [4.69, 9.17) is 10.00 Å². The predicted octanol–water partition coefficient (Wildman–Crippen LogP) is 1.91. The fourth-order valence-electron chi connectivity index (χ4n) is 1.61. The molecule has 3 nitrogen and oxygen atoms in total. The van der Waals surface area contributed by atoms with Gasteiger partial charge in [-0.3, -0.25) is 0 Å².